The maximum Gasteiger partial charge on any atom is 0.415 e. The monoisotopic (exact) mass is 485 g/mol. The number of hydrogen-bond donors (Lipinski definition) is 1. The summed E-state index contributed by atoms with van der Waals surface area (Å²) in [6.45, 7) is 7.57. The molecule has 2 rings (SSSR count). The van der Waals surface area contributed by atoms with Gasteiger partial charge in [0.15, 0.2) is 6.10 Å². The number of benzene rings is 2. The zero-order valence-electron chi connectivity index (χ0n) is 21.2. The Morgan fingerprint density at radius 1 is 0.943 bits per heavy atom. The van der Waals surface area contributed by atoms with Gasteiger partial charge in [-0.1, -0.05) is 62.9 Å². The van der Waals surface area contributed by atoms with Crippen LogP contribution in [0.1, 0.15) is 57.1 Å². The van der Waals surface area contributed by atoms with E-state index in [0.717, 1.165) is 30.4 Å². The summed E-state index contributed by atoms with van der Waals surface area (Å²) in [5, 5.41) is 9.25. The number of carbonyl (C=O) groups excluding carboxylic acids is 1. The first-order chi connectivity index (χ1) is 16.9. The highest BCUT2D eigenvalue weighted by molar-refractivity contribution is 5.72. The minimum Gasteiger partial charge on any atom is -0.492 e. The zero-order valence-corrected chi connectivity index (χ0v) is 21.2. The number of para-hydroxylation sites is 1. The number of aliphatic carboxylic acids is 1. The molecule has 1 atom stereocenters. The van der Waals surface area contributed by atoms with Crippen molar-refractivity contribution in [1.82, 2.24) is 4.90 Å². The summed E-state index contributed by atoms with van der Waals surface area (Å²) < 4.78 is 16.8. The molecule has 1 N–H and O–H groups in total. The topological polar surface area (TPSA) is 85.3 Å². The average molecular weight is 486 g/mol. The molecule has 0 aliphatic rings. The predicted octanol–water partition coefficient (Wildman–Crippen LogP) is 5.88. The van der Waals surface area contributed by atoms with E-state index in [0.29, 0.717) is 44.2 Å². The summed E-state index contributed by atoms with van der Waals surface area (Å²) in [5.74, 6) is 0.253. The molecule has 2 aromatic rings. The average Bonchev–Trinajstić information content (AvgIpc) is 2.84. The van der Waals surface area contributed by atoms with Gasteiger partial charge in [-0.05, 0) is 49.6 Å². The lowest BCUT2D eigenvalue weighted by atomic mass is 10.1. The van der Waals surface area contributed by atoms with Gasteiger partial charge in [0.2, 0.25) is 0 Å². The third-order valence-electron chi connectivity index (χ3n) is 5.70. The summed E-state index contributed by atoms with van der Waals surface area (Å²) >= 11 is 0. The van der Waals surface area contributed by atoms with Crippen LogP contribution in [-0.4, -0.2) is 54.5 Å². The van der Waals surface area contributed by atoms with Crippen molar-refractivity contribution in [3.05, 3.63) is 59.7 Å². The van der Waals surface area contributed by atoms with E-state index >= 15 is 0 Å². The SMILES string of the molecule is CCCCCCCN(CCOc1ccc(CC(OCC)C(=O)O)cc1)C(=O)Oc1ccccc1C. The number of amides is 1. The molecular weight excluding hydrogens is 446 g/mol. The lowest BCUT2D eigenvalue weighted by molar-refractivity contribution is -0.149. The fraction of sp³-hybridized carbons (Fsp3) is 0.500. The van der Waals surface area contributed by atoms with E-state index in [1.807, 2.05) is 37.3 Å². The molecule has 7 heteroatoms. The largest absolute Gasteiger partial charge is 0.492 e. The van der Waals surface area contributed by atoms with E-state index in [-0.39, 0.29) is 6.09 Å². The molecule has 1 unspecified atom stereocenters. The smallest absolute Gasteiger partial charge is 0.415 e. The third-order valence-corrected chi connectivity index (χ3v) is 5.70. The highest BCUT2D eigenvalue weighted by atomic mass is 16.6. The molecule has 0 aliphatic carbocycles. The number of rotatable bonds is 16. The van der Waals surface area contributed by atoms with Crippen LogP contribution >= 0.6 is 0 Å². The fourth-order valence-corrected chi connectivity index (χ4v) is 3.66. The molecule has 0 saturated heterocycles. The normalized spacial score (nSPS) is 11.6. The van der Waals surface area contributed by atoms with Crippen LogP contribution in [0.15, 0.2) is 48.5 Å². The lowest BCUT2D eigenvalue weighted by Crippen LogP contribution is -2.37. The molecular formula is C28H39NO6. The Kier molecular flexibility index (Phi) is 12.7. The number of carbonyl (C=O) groups is 2. The predicted molar refractivity (Wildman–Crippen MR) is 136 cm³/mol. The summed E-state index contributed by atoms with van der Waals surface area (Å²) in [6, 6.07) is 14.8. The van der Waals surface area contributed by atoms with Gasteiger partial charge in [0.05, 0.1) is 6.54 Å². The zero-order chi connectivity index (χ0) is 25.5. The molecule has 0 aliphatic heterocycles. The highest BCUT2D eigenvalue weighted by Gasteiger charge is 2.18. The molecule has 0 fully saturated rings. The van der Waals surface area contributed by atoms with Crippen molar-refractivity contribution >= 4 is 12.1 Å². The number of hydrogen-bond acceptors (Lipinski definition) is 5. The lowest BCUT2D eigenvalue weighted by Gasteiger charge is -2.22. The van der Waals surface area contributed by atoms with Crippen molar-refractivity contribution in [3.8, 4) is 11.5 Å². The quantitative estimate of drug-likeness (QED) is 0.299. The van der Waals surface area contributed by atoms with E-state index in [9.17, 15) is 14.7 Å². The van der Waals surface area contributed by atoms with Crippen molar-refractivity contribution in [2.75, 3.05) is 26.3 Å². The second-order valence-electron chi connectivity index (χ2n) is 8.51. The van der Waals surface area contributed by atoms with Crippen molar-refractivity contribution in [2.45, 2.75) is 65.4 Å². The first-order valence-electron chi connectivity index (χ1n) is 12.5. The van der Waals surface area contributed by atoms with Crippen LogP contribution in [0.3, 0.4) is 0 Å². The number of carboxylic acid groups (broad SMARTS) is 1. The summed E-state index contributed by atoms with van der Waals surface area (Å²) in [5.41, 5.74) is 1.77. The van der Waals surface area contributed by atoms with Gasteiger partial charge < -0.3 is 24.2 Å². The number of nitrogens with zero attached hydrogens (tertiary/aromatic N) is 1. The molecule has 0 bridgehead atoms. The molecule has 0 spiro atoms. The van der Waals surface area contributed by atoms with E-state index in [4.69, 9.17) is 14.2 Å². The Hall–Kier alpha value is -3.06. The van der Waals surface area contributed by atoms with Crippen LogP contribution in [0.2, 0.25) is 0 Å². The molecule has 192 valence electrons. The maximum atomic E-state index is 12.9. The molecule has 0 heterocycles. The van der Waals surface area contributed by atoms with Crippen molar-refractivity contribution in [3.63, 3.8) is 0 Å². The molecule has 0 radical (unpaired) electrons. The Balaban J connectivity index is 1.91. The van der Waals surface area contributed by atoms with Crippen LogP contribution in [0.25, 0.3) is 0 Å². The minimum atomic E-state index is -0.973. The van der Waals surface area contributed by atoms with Gasteiger partial charge in [-0.3, -0.25) is 0 Å². The van der Waals surface area contributed by atoms with Gasteiger partial charge >= 0.3 is 12.1 Å². The third kappa shape index (κ3) is 10.4. The highest BCUT2D eigenvalue weighted by Crippen LogP contribution is 2.18. The van der Waals surface area contributed by atoms with Crippen LogP contribution in [-0.2, 0) is 16.0 Å². The molecule has 1 amide bonds. The van der Waals surface area contributed by atoms with Crippen molar-refractivity contribution < 1.29 is 28.9 Å². The number of aryl methyl sites for hydroxylation is 1. The Bertz CT molecular complexity index is 899. The molecule has 35 heavy (non-hydrogen) atoms. The summed E-state index contributed by atoms with van der Waals surface area (Å²) in [4.78, 5) is 25.9. The van der Waals surface area contributed by atoms with Crippen LogP contribution in [0.4, 0.5) is 4.79 Å². The van der Waals surface area contributed by atoms with Crippen LogP contribution < -0.4 is 9.47 Å². The van der Waals surface area contributed by atoms with Crippen LogP contribution in [0, 0.1) is 6.92 Å². The van der Waals surface area contributed by atoms with Crippen LogP contribution in [0.5, 0.6) is 11.5 Å². The van der Waals surface area contributed by atoms with Crippen molar-refractivity contribution in [2.24, 2.45) is 0 Å². The molecule has 0 aromatic heterocycles. The number of carboxylic acids is 1. The number of unbranched alkanes of at least 4 members (excludes halogenated alkanes) is 4. The standard InChI is InChI=1S/C28H39NO6/c1-4-6-7-8-11-18-29(28(32)35-25-13-10-9-12-22(25)3)19-20-34-24-16-14-23(15-17-24)21-26(27(30)31)33-5-2/h9-10,12-17,26H,4-8,11,18-21H2,1-3H3,(H,30,31). The molecule has 0 saturated carbocycles. The van der Waals surface area contributed by atoms with Gasteiger partial charge in [-0.15, -0.1) is 0 Å². The Morgan fingerprint density at radius 2 is 1.66 bits per heavy atom. The van der Waals surface area contributed by atoms with Gasteiger partial charge in [0.1, 0.15) is 18.1 Å². The van der Waals surface area contributed by atoms with E-state index in [1.165, 1.54) is 12.8 Å². The second kappa shape index (κ2) is 15.8. The summed E-state index contributed by atoms with van der Waals surface area (Å²) in [7, 11) is 0. The minimum absolute atomic E-state index is 0.292. The first-order valence-corrected chi connectivity index (χ1v) is 12.5. The van der Waals surface area contributed by atoms with Gasteiger partial charge in [-0.2, -0.15) is 0 Å². The maximum absolute atomic E-state index is 12.9. The summed E-state index contributed by atoms with van der Waals surface area (Å²) in [6.07, 6.45) is 4.58. The van der Waals surface area contributed by atoms with Gasteiger partial charge in [0.25, 0.3) is 0 Å². The Labute approximate surface area is 209 Å². The Morgan fingerprint density at radius 3 is 2.31 bits per heavy atom. The fourth-order valence-electron chi connectivity index (χ4n) is 3.66. The molecule has 7 nitrogen and oxygen atoms in total. The van der Waals surface area contributed by atoms with Crippen molar-refractivity contribution in [1.29, 1.82) is 0 Å². The van der Waals surface area contributed by atoms with E-state index in [1.54, 1.807) is 30.0 Å². The van der Waals surface area contributed by atoms with Gasteiger partial charge in [0, 0.05) is 19.6 Å². The van der Waals surface area contributed by atoms with E-state index < -0.39 is 12.1 Å². The van der Waals surface area contributed by atoms with Gasteiger partial charge in [-0.25, -0.2) is 9.59 Å². The first kappa shape index (κ1) is 28.2. The van der Waals surface area contributed by atoms with E-state index in [2.05, 4.69) is 6.92 Å². The molecule has 2 aromatic carbocycles. The second-order valence-corrected chi connectivity index (χ2v) is 8.51. The number of ether oxygens (including phenoxy) is 3.